The first kappa shape index (κ1) is 19.3. The summed E-state index contributed by atoms with van der Waals surface area (Å²) < 4.78 is 5.29. The van der Waals surface area contributed by atoms with Crippen LogP contribution in [0.2, 0.25) is 0 Å². The molecule has 2 amide bonds. The van der Waals surface area contributed by atoms with Gasteiger partial charge in [0.25, 0.3) is 5.91 Å². The molecule has 2 aliphatic carbocycles. The normalized spacial score (nSPS) is 25.2. The second-order valence-corrected chi connectivity index (χ2v) is 8.53. The highest BCUT2D eigenvalue weighted by molar-refractivity contribution is 5.96. The number of methoxy groups -OCH3 is 1. The molecule has 5 nitrogen and oxygen atoms in total. The summed E-state index contributed by atoms with van der Waals surface area (Å²) in [4.78, 5) is 30.8. The molecule has 0 N–H and O–H groups in total. The zero-order valence-electron chi connectivity index (χ0n) is 16.9. The fraction of sp³-hybridized carbons (Fsp3) is 0.652. The SMILES string of the molecule is COc1ccc([C@@H]2C(=O)N(C3CCCCCC3)CC(=O)N2C2CCCC2)cc1. The molecule has 1 heterocycles. The quantitative estimate of drug-likeness (QED) is 0.735. The van der Waals surface area contributed by atoms with Crippen LogP contribution in [0.3, 0.4) is 0 Å². The van der Waals surface area contributed by atoms with Crippen molar-refractivity contribution in [2.45, 2.75) is 82.3 Å². The van der Waals surface area contributed by atoms with Gasteiger partial charge in [-0.25, -0.2) is 0 Å². The molecule has 152 valence electrons. The van der Waals surface area contributed by atoms with Gasteiger partial charge in [0.05, 0.1) is 7.11 Å². The van der Waals surface area contributed by atoms with E-state index in [0.29, 0.717) is 0 Å². The van der Waals surface area contributed by atoms with Crippen LogP contribution >= 0.6 is 0 Å². The van der Waals surface area contributed by atoms with Gasteiger partial charge in [-0.2, -0.15) is 0 Å². The maximum absolute atomic E-state index is 13.7. The number of hydrogen-bond acceptors (Lipinski definition) is 3. The van der Waals surface area contributed by atoms with Gasteiger partial charge in [-0.3, -0.25) is 9.59 Å². The minimum atomic E-state index is -0.487. The van der Waals surface area contributed by atoms with Gasteiger partial charge < -0.3 is 14.5 Å². The molecule has 2 saturated carbocycles. The molecule has 0 spiro atoms. The minimum absolute atomic E-state index is 0.114. The lowest BCUT2D eigenvalue weighted by Gasteiger charge is -2.46. The molecule has 0 radical (unpaired) electrons. The van der Waals surface area contributed by atoms with E-state index in [0.717, 1.165) is 62.7 Å². The van der Waals surface area contributed by atoms with Gasteiger partial charge in [0.2, 0.25) is 5.91 Å². The second-order valence-electron chi connectivity index (χ2n) is 8.53. The van der Waals surface area contributed by atoms with Crippen molar-refractivity contribution >= 4 is 11.8 Å². The third kappa shape index (κ3) is 3.76. The highest BCUT2D eigenvalue weighted by Crippen LogP contribution is 2.37. The average molecular weight is 385 g/mol. The van der Waals surface area contributed by atoms with E-state index in [1.54, 1.807) is 7.11 Å². The zero-order chi connectivity index (χ0) is 19.5. The number of piperazine rings is 1. The summed E-state index contributed by atoms with van der Waals surface area (Å²) in [5.41, 5.74) is 0.907. The Labute approximate surface area is 168 Å². The lowest BCUT2D eigenvalue weighted by molar-refractivity contribution is -0.161. The first-order valence-electron chi connectivity index (χ1n) is 10.9. The van der Waals surface area contributed by atoms with Crippen LogP contribution in [0.4, 0.5) is 0 Å². The maximum Gasteiger partial charge on any atom is 0.250 e. The summed E-state index contributed by atoms with van der Waals surface area (Å²) in [5, 5.41) is 0. The molecule has 28 heavy (non-hydrogen) atoms. The molecule has 3 aliphatic rings. The number of hydrogen-bond donors (Lipinski definition) is 0. The molecule has 0 unspecified atom stereocenters. The van der Waals surface area contributed by atoms with Crippen molar-refractivity contribution in [1.29, 1.82) is 0 Å². The van der Waals surface area contributed by atoms with Crippen LogP contribution in [0.15, 0.2) is 24.3 Å². The Balaban J connectivity index is 1.66. The molecule has 5 heteroatoms. The van der Waals surface area contributed by atoms with Gasteiger partial charge in [0.1, 0.15) is 18.3 Å². The van der Waals surface area contributed by atoms with Gasteiger partial charge >= 0.3 is 0 Å². The van der Waals surface area contributed by atoms with Crippen molar-refractivity contribution in [3.63, 3.8) is 0 Å². The summed E-state index contributed by atoms with van der Waals surface area (Å²) in [5.74, 6) is 1.01. The van der Waals surface area contributed by atoms with E-state index in [2.05, 4.69) is 0 Å². The molecule has 4 rings (SSSR count). The lowest BCUT2D eigenvalue weighted by atomic mass is 9.95. The third-order valence-corrected chi connectivity index (χ3v) is 6.80. The van der Waals surface area contributed by atoms with Crippen LogP contribution in [-0.2, 0) is 9.59 Å². The molecule has 1 aliphatic heterocycles. The Bertz CT molecular complexity index is 688. The molecule has 1 atom stereocenters. The monoisotopic (exact) mass is 384 g/mol. The standard InChI is InChI=1S/C23H32N2O3/c1-28-20-14-12-17(13-15-20)22-23(27)24(18-8-4-2-3-5-9-18)16-21(26)25(22)19-10-6-7-11-19/h12-15,18-19,22H,2-11,16H2,1H3/t22-/m1/s1. The van der Waals surface area contributed by atoms with Gasteiger partial charge in [-0.1, -0.05) is 50.7 Å². The fourth-order valence-electron chi connectivity index (χ4n) is 5.29. The van der Waals surface area contributed by atoms with E-state index in [9.17, 15) is 9.59 Å². The third-order valence-electron chi connectivity index (χ3n) is 6.80. The van der Waals surface area contributed by atoms with E-state index < -0.39 is 6.04 Å². The Morgan fingerprint density at radius 3 is 2.00 bits per heavy atom. The fourth-order valence-corrected chi connectivity index (χ4v) is 5.29. The predicted octanol–water partition coefficient (Wildman–Crippen LogP) is 4.07. The van der Waals surface area contributed by atoms with Gasteiger partial charge in [0.15, 0.2) is 0 Å². The summed E-state index contributed by atoms with van der Waals surface area (Å²) >= 11 is 0. The number of carbonyl (C=O) groups is 2. The van der Waals surface area contributed by atoms with Crippen LogP contribution in [0.25, 0.3) is 0 Å². The number of rotatable bonds is 4. The summed E-state index contributed by atoms with van der Waals surface area (Å²) in [6.45, 7) is 0.257. The topological polar surface area (TPSA) is 49.9 Å². The Morgan fingerprint density at radius 2 is 1.39 bits per heavy atom. The largest absolute Gasteiger partial charge is 0.497 e. The molecular formula is C23H32N2O3. The Hall–Kier alpha value is -2.04. The summed E-state index contributed by atoms with van der Waals surface area (Å²) in [6, 6.07) is 7.61. The summed E-state index contributed by atoms with van der Waals surface area (Å²) in [6.07, 6.45) is 11.1. The average Bonchev–Trinajstić information content (AvgIpc) is 3.11. The minimum Gasteiger partial charge on any atom is -0.497 e. The molecule has 0 aromatic heterocycles. The molecule has 1 saturated heterocycles. The number of amides is 2. The van der Waals surface area contributed by atoms with Crippen LogP contribution in [0.5, 0.6) is 5.75 Å². The Kier molecular flexibility index (Phi) is 5.88. The maximum atomic E-state index is 13.7. The lowest BCUT2D eigenvalue weighted by Crippen LogP contribution is -2.60. The van der Waals surface area contributed by atoms with Crippen LogP contribution in [0.1, 0.15) is 75.8 Å². The van der Waals surface area contributed by atoms with Crippen molar-refractivity contribution in [1.82, 2.24) is 9.80 Å². The molecule has 1 aromatic rings. The van der Waals surface area contributed by atoms with Crippen molar-refractivity contribution in [3.8, 4) is 5.75 Å². The predicted molar refractivity (Wildman–Crippen MR) is 108 cm³/mol. The van der Waals surface area contributed by atoms with E-state index in [1.807, 2.05) is 34.1 Å². The van der Waals surface area contributed by atoms with E-state index >= 15 is 0 Å². The number of carbonyl (C=O) groups excluding carboxylic acids is 2. The highest BCUT2D eigenvalue weighted by atomic mass is 16.5. The number of nitrogens with zero attached hydrogens (tertiary/aromatic N) is 2. The van der Waals surface area contributed by atoms with E-state index in [1.165, 1.54) is 12.8 Å². The smallest absolute Gasteiger partial charge is 0.250 e. The van der Waals surface area contributed by atoms with Gasteiger partial charge in [-0.05, 0) is 43.4 Å². The van der Waals surface area contributed by atoms with E-state index in [-0.39, 0.29) is 30.4 Å². The van der Waals surface area contributed by atoms with Crippen molar-refractivity contribution in [2.24, 2.45) is 0 Å². The van der Waals surface area contributed by atoms with Crippen LogP contribution < -0.4 is 4.74 Å². The van der Waals surface area contributed by atoms with Crippen molar-refractivity contribution < 1.29 is 14.3 Å². The van der Waals surface area contributed by atoms with Crippen molar-refractivity contribution in [3.05, 3.63) is 29.8 Å². The molecule has 0 bridgehead atoms. The van der Waals surface area contributed by atoms with Crippen LogP contribution in [0, 0.1) is 0 Å². The summed E-state index contributed by atoms with van der Waals surface area (Å²) in [7, 11) is 1.64. The first-order chi connectivity index (χ1) is 13.7. The van der Waals surface area contributed by atoms with E-state index in [4.69, 9.17) is 4.74 Å². The molecule has 1 aromatic carbocycles. The van der Waals surface area contributed by atoms with Gasteiger partial charge in [-0.15, -0.1) is 0 Å². The van der Waals surface area contributed by atoms with Crippen LogP contribution in [-0.4, -0.2) is 47.4 Å². The molecule has 3 fully saturated rings. The molecular weight excluding hydrogens is 352 g/mol. The van der Waals surface area contributed by atoms with Gasteiger partial charge in [0, 0.05) is 12.1 Å². The zero-order valence-corrected chi connectivity index (χ0v) is 16.9. The first-order valence-corrected chi connectivity index (χ1v) is 10.9. The van der Waals surface area contributed by atoms with Crippen molar-refractivity contribution in [2.75, 3.05) is 13.7 Å². The second kappa shape index (κ2) is 8.54. The highest BCUT2D eigenvalue weighted by Gasteiger charge is 2.45. The number of ether oxygens (including phenoxy) is 1. The number of benzene rings is 1. The Morgan fingerprint density at radius 1 is 0.821 bits per heavy atom.